The van der Waals surface area contributed by atoms with E-state index in [1.807, 2.05) is 6.07 Å². The highest BCUT2D eigenvalue weighted by Gasteiger charge is 2.51. The lowest BCUT2D eigenvalue weighted by Crippen LogP contribution is -2.47. The molecule has 0 bridgehead atoms. The Morgan fingerprint density at radius 3 is 2.52 bits per heavy atom. The van der Waals surface area contributed by atoms with Crippen molar-refractivity contribution < 1.29 is 47.2 Å². The van der Waals surface area contributed by atoms with E-state index in [0.717, 1.165) is 31.5 Å². The number of fused-ring (bicyclic) bond motifs is 1. The summed E-state index contributed by atoms with van der Waals surface area (Å²) in [5.41, 5.74) is -2.52. The number of rotatable bonds is 10. The van der Waals surface area contributed by atoms with Crippen molar-refractivity contribution in [2.45, 2.75) is 70.4 Å². The zero-order valence-electron chi connectivity index (χ0n) is 27.5. The van der Waals surface area contributed by atoms with E-state index in [1.165, 1.54) is 4.90 Å². The highest BCUT2D eigenvalue weighted by atomic mass is 35.5. The minimum atomic E-state index is -1.51. The number of ether oxygens (including phenoxy) is 5. The van der Waals surface area contributed by atoms with Gasteiger partial charge < -0.3 is 33.7 Å². The summed E-state index contributed by atoms with van der Waals surface area (Å²) < 4.78 is 61.0. The first kappa shape index (κ1) is 35.3. The van der Waals surface area contributed by atoms with Crippen molar-refractivity contribution in [2.24, 2.45) is 0 Å². The molecule has 2 aliphatic rings. The van der Waals surface area contributed by atoms with Crippen LogP contribution in [0.25, 0.3) is 11.1 Å². The van der Waals surface area contributed by atoms with Gasteiger partial charge in [-0.1, -0.05) is 48.9 Å². The Bertz CT molecular complexity index is 1660. The Morgan fingerprint density at radius 1 is 1.15 bits per heavy atom. The van der Waals surface area contributed by atoms with Crippen LogP contribution in [-0.2, 0) is 19.8 Å². The Morgan fingerprint density at radius 2 is 1.88 bits per heavy atom. The van der Waals surface area contributed by atoms with Crippen molar-refractivity contribution in [1.29, 1.82) is 0 Å². The second kappa shape index (κ2) is 14.2. The number of likely N-dealkylation sites (N-methyl/N-ethyl adjacent to an activating group) is 1. The maximum absolute atomic E-state index is 16.4. The molecule has 3 aromatic rings. The molecule has 1 N–H and O–H groups in total. The molecule has 1 unspecified atom stereocenters. The number of hydrogen-bond acceptors (Lipinski definition) is 8. The van der Waals surface area contributed by atoms with Crippen LogP contribution in [0.2, 0.25) is 5.02 Å². The van der Waals surface area contributed by atoms with Gasteiger partial charge in [-0.2, -0.15) is 0 Å². The van der Waals surface area contributed by atoms with Crippen LogP contribution in [0.5, 0.6) is 11.6 Å². The predicted molar refractivity (Wildman–Crippen MR) is 173 cm³/mol. The summed E-state index contributed by atoms with van der Waals surface area (Å²) in [5.74, 6) is -4.85. The molecule has 1 amide bonds. The van der Waals surface area contributed by atoms with Gasteiger partial charge in [0, 0.05) is 48.5 Å². The van der Waals surface area contributed by atoms with Crippen molar-refractivity contribution in [1.82, 2.24) is 9.88 Å². The van der Waals surface area contributed by atoms with Crippen LogP contribution in [0.1, 0.15) is 74.4 Å². The molecule has 5 rings (SSSR count). The van der Waals surface area contributed by atoms with Crippen LogP contribution in [0.4, 0.5) is 13.6 Å². The van der Waals surface area contributed by atoms with E-state index in [2.05, 4.69) is 4.98 Å². The van der Waals surface area contributed by atoms with Crippen LogP contribution < -0.4 is 9.47 Å². The minimum Gasteiger partial charge on any atom is -0.480 e. The van der Waals surface area contributed by atoms with E-state index >= 15 is 8.78 Å². The van der Waals surface area contributed by atoms with Gasteiger partial charge in [-0.15, -0.1) is 0 Å². The second-order valence-corrected chi connectivity index (χ2v) is 13.2. The molecule has 2 aromatic carbocycles. The number of halogens is 3. The van der Waals surface area contributed by atoms with E-state index in [4.69, 9.17) is 35.3 Å². The molecular formula is C35H39ClF2N2O8. The maximum Gasteiger partial charge on any atom is 0.410 e. The minimum absolute atomic E-state index is 0.0109. The summed E-state index contributed by atoms with van der Waals surface area (Å²) in [6.07, 6.45) is 2.57. The Hall–Kier alpha value is -4.00. The van der Waals surface area contributed by atoms with Crippen molar-refractivity contribution in [3.63, 3.8) is 0 Å². The number of carbonyl (C=O) groups excluding carboxylic acids is 1. The monoisotopic (exact) mass is 688 g/mol. The number of carboxylic acid groups (broad SMARTS) is 1. The number of carbonyl (C=O) groups is 2. The van der Waals surface area contributed by atoms with Gasteiger partial charge in [-0.3, -0.25) is 0 Å². The summed E-state index contributed by atoms with van der Waals surface area (Å²) in [6.45, 7) is 7.47. The maximum atomic E-state index is 16.4. The SMILES string of the molecule is C[C@H]1c2c(cc(F)c(Cl)c2-c2c(C(=O)O)cnc(OCCOC3CCCCO3)c2F)O[C@]1(CN(C)C(=O)OC(C)(C)C)c1ccccc1. The quantitative estimate of drug-likeness (QED) is 0.215. The first-order valence-corrected chi connectivity index (χ1v) is 16.1. The van der Waals surface area contributed by atoms with Gasteiger partial charge in [0.2, 0.25) is 0 Å². The Kier molecular flexibility index (Phi) is 10.5. The number of aromatic nitrogens is 1. The molecular weight excluding hydrogens is 650 g/mol. The van der Waals surface area contributed by atoms with E-state index in [0.29, 0.717) is 12.2 Å². The van der Waals surface area contributed by atoms with Crippen molar-refractivity contribution in [3.05, 3.63) is 75.9 Å². The summed E-state index contributed by atoms with van der Waals surface area (Å²) in [4.78, 5) is 30.8. The normalized spacial score (nSPS) is 20.5. The van der Waals surface area contributed by atoms with E-state index in [1.54, 1.807) is 59.0 Å². The molecule has 3 heterocycles. The highest BCUT2D eigenvalue weighted by Crippen LogP contribution is 2.56. The topological polar surface area (TPSA) is 117 Å². The smallest absolute Gasteiger partial charge is 0.410 e. The molecule has 1 saturated heterocycles. The number of carboxylic acids is 1. The van der Waals surface area contributed by atoms with Crippen LogP contribution in [0.3, 0.4) is 0 Å². The van der Waals surface area contributed by atoms with Crippen molar-refractivity contribution in [2.75, 3.05) is 33.4 Å². The van der Waals surface area contributed by atoms with E-state index in [-0.39, 0.29) is 42.9 Å². The fraction of sp³-hybridized carbons (Fsp3) is 0.457. The number of benzene rings is 2. The number of aromatic carboxylic acids is 1. The summed E-state index contributed by atoms with van der Waals surface area (Å²) in [6, 6.07) is 10.1. The second-order valence-electron chi connectivity index (χ2n) is 12.9. The van der Waals surface area contributed by atoms with Crippen LogP contribution in [-0.4, -0.2) is 72.4 Å². The number of amides is 1. The standard InChI is InChI=1S/C35H39ClF2N2O8/c1-20-26-24(47-35(20,21-11-7-6-8-12-21)19-40(5)33(43)48-34(2,3)4)17-23(37)29(36)28(26)27-22(32(41)42)18-39-31(30(27)38)46-16-15-45-25-13-9-10-14-44-25/h6-8,11-12,17-18,20,25H,9-10,13-16,19H2,1-5H3,(H,41,42)/t20-,25?,35-/m0/s1. The largest absolute Gasteiger partial charge is 0.480 e. The third kappa shape index (κ3) is 7.20. The summed E-state index contributed by atoms with van der Waals surface area (Å²) >= 11 is 6.59. The van der Waals surface area contributed by atoms with Gasteiger partial charge >= 0.3 is 12.1 Å². The molecule has 0 radical (unpaired) electrons. The molecule has 258 valence electrons. The highest BCUT2D eigenvalue weighted by molar-refractivity contribution is 6.34. The predicted octanol–water partition coefficient (Wildman–Crippen LogP) is 7.56. The molecule has 1 aromatic heterocycles. The van der Waals surface area contributed by atoms with Crippen LogP contribution in [0.15, 0.2) is 42.6 Å². The Balaban J connectivity index is 1.57. The summed E-state index contributed by atoms with van der Waals surface area (Å²) in [7, 11) is 1.55. The molecule has 48 heavy (non-hydrogen) atoms. The van der Waals surface area contributed by atoms with E-state index < -0.39 is 62.8 Å². The zero-order chi connectivity index (χ0) is 34.8. The molecule has 0 saturated carbocycles. The van der Waals surface area contributed by atoms with Crippen LogP contribution in [0, 0.1) is 11.6 Å². The van der Waals surface area contributed by atoms with Gasteiger partial charge in [-0.25, -0.2) is 23.4 Å². The lowest BCUT2D eigenvalue weighted by molar-refractivity contribution is -0.165. The van der Waals surface area contributed by atoms with Gasteiger partial charge in [0.1, 0.15) is 23.8 Å². The Labute approximate surface area is 282 Å². The molecule has 0 spiro atoms. The zero-order valence-corrected chi connectivity index (χ0v) is 28.2. The van der Waals surface area contributed by atoms with Gasteiger partial charge in [0.05, 0.1) is 23.7 Å². The van der Waals surface area contributed by atoms with Crippen molar-refractivity contribution >= 4 is 23.7 Å². The molecule has 1 fully saturated rings. The fourth-order valence-corrected chi connectivity index (χ4v) is 6.33. The lowest BCUT2D eigenvalue weighted by Gasteiger charge is -2.37. The van der Waals surface area contributed by atoms with E-state index in [9.17, 15) is 14.7 Å². The molecule has 3 atom stereocenters. The van der Waals surface area contributed by atoms with Gasteiger partial charge in [-0.05, 0) is 45.6 Å². The molecule has 13 heteroatoms. The molecule has 10 nitrogen and oxygen atoms in total. The first-order chi connectivity index (χ1) is 22.7. The average Bonchev–Trinajstić information content (AvgIpc) is 3.31. The number of pyridine rings is 1. The van der Waals surface area contributed by atoms with Gasteiger partial charge in [0.25, 0.3) is 5.88 Å². The lowest BCUT2D eigenvalue weighted by atomic mass is 9.77. The third-order valence-electron chi connectivity index (χ3n) is 8.32. The van der Waals surface area contributed by atoms with Gasteiger partial charge in [0.15, 0.2) is 17.7 Å². The molecule has 2 aliphatic heterocycles. The van der Waals surface area contributed by atoms with Crippen LogP contribution >= 0.6 is 11.6 Å². The molecule has 0 aliphatic carbocycles. The summed E-state index contributed by atoms with van der Waals surface area (Å²) in [5, 5.41) is 9.61. The van der Waals surface area contributed by atoms with Crippen molar-refractivity contribution in [3.8, 4) is 22.8 Å². The first-order valence-electron chi connectivity index (χ1n) is 15.7. The number of hydrogen-bond donors (Lipinski definition) is 1. The third-order valence-corrected chi connectivity index (χ3v) is 8.69. The fourth-order valence-electron chi connectivity index (χ4n) is 6.08. The average molecular weight is 689 g/mol. The number of nitrogens with zero attached hydrogens (tertiary/aromatic N) is 2.